The van der Waals surface area contributed by atoms with Gasteiger partial charge in [0.15, 0.2) is 0 Å². The summed E-state index contributed by atoms with van der Waals surface area (Å²) in [6.45, 7) is 2.49. The predicted molar refractivity (Wildman–Crippen MR) is 59.8 cm³/mol. The van der Waals surface area contributed by atoms with Gasteiger partial charge in [0.2, 0.25) is 0 Å². The van der Waals surface area contributed by atoms with Crippen LogP contribution in [-0.4, -0.2) is 6.54 Å². The summed E-state index contributed by atoms with van der Waals surface area (Å²) in [5.41, 5.74) is 5.72. The Labute approximate surface area is 92.6 Å². The third-order valence-electron chi connectivity index (χ3n) is 2.16. The first-order valence-corrected chi connectivity index (χ1v) is 5.63. The summed E-state index contributed by atoms with van der Waals surface area (Å²) in [6, 6.07) is 5.77. The number of furan rings is 2. The van der Waals surface area contributed by atoms with Crippen LogP contribution in [0.1, 0.15) is 16.8 Å². The largest absolute Gasteiger partial charge is 0.468 e. The third kappa shape index (κ3) is 2.27. The molecule has 0 fully saturated rings. The molecule has 0 saturated heterocycles. The molecule has 0 bridgehead atoms. The molecule has 3 nitrogen and oxygen atoms in total. The first-order valence-electron chi connectivity index (χ1n) is 4.75. The smallest absolute Gasteiger partial charge is 0.118 e. The molecule has 0 aromatic carbocycles. The van der Waals surface area contributed by atoms with Gasteiger partial charge in [-0.1, -0.05) is 0 Å². The molecule has 0 aliphatic heterocycles. The van der Waals surface area contributed by atoms with E-state index in [1.54, 1.807) is 24.3 Å². The van der Waals surface area contributed by atoms with Gasteiger partial charge in [-0.3, -0.25) is 0 Å². The van der Waals surface area contributed by atoms with Gasteiger partial charge in [-0.2, -0.15) is 0 Å². The molecular weight excluding hydrogens is 210 g/mol. The van der Waals surface area contributed by atoms with Gasteiger partial charge < -0.3 is 14.6 Å². The van der Waals surface area contributed by atoms with Gasteiger partial charge in [-0.05, 0) is 25.1 Å². The van der Waals surface area contributed by atoms with Crippen molar-refractivity contribution >= 4 is 11.8 Å². The number of aryl methyl sites for hydroxylation is 1. The normalized spacial score (nSPS) is 12.9. The molecule has 2 aromatic rings. The molecule has 0 aliphatic rings. The molecular formula is C11H13NO2S. The maximum Gasteiger partial charge on any atom is 0.118 e. The summed E-state index contributed by atoms with van der Waals surface area (Å²) < 4.78 is 10.6. The average Bonchev–Trinajstić information content (AvgIpc) is 2.86. The molecule has 2 aromatic heterocycles. The van der Waals surface area contributed by atoms with Crippen molar-refractivity contribution < 1.29 is 8.83 Å². The molecule has 80 valence electrons. The first kappa shape index (κ1) is 10.4. The van der Waals surface area contributed by atoms with Crippen LogP contribution in [0.3, 0.4) is 0 Å². The third-order valence-corrected chi connectivity index (χ3v) is 3.54. The van der Waals surface area contributed by atoms with Crippen molar-refractivity contribution in [2.45, 2.75) is 17.1 Å². The van der Waals surface area contributed by atoms with Crippen LogP contribution in [0.15, 0.2) is 44.5 Å². The lowest BCUT2D eigenvalue weighted by molar-refractivity contribution is 0.506. The van der Waals surface area contributed by atoms with Gasteiger partial charge in [0, 0.05) is 11.4 Å². The highest BCUT2D eigenvalue weighted by Crippen LogP contribution is 2.36. The second-order valence-electron chi connectivity index (χ2n) is 3.20. The molecule has 0 amide bonds. The standard InChI is InChI=1S/C11H13NO2S/c1-8-10(4-6-13-8)15-11(7-12)9-3-2-5-14-9/h2-6,11H,7,12H2,1H3. The van der Waals surface area contributed by atoms with Crippen LogP contribution < -0.4 is 5.73 Å². The van der Waals surface area contributed by atoms with Crippen molar-refractivity contribution in [3.63, 3.8) is 0 Å². The van der Waals surface area contributed by atoms with Crippen LogP contribution in [0.2, 0.25) is 0 Å². The van der Waals surface area contributed by atoms with E-state index in [4.69, 9.17) is 14.6 Å². The molecule has 2 N–H and O–H groups in total. The van der Waals surface area contributed by atoms with Crippen LogP contribution in [0.5, 0.6) is 0 Å². The van der Waals surface area contributed by atoms with Crippen LogP contribution in [0.4, 0.5) is 0 Å². The van der Waals surface area contributed by atoms with E-state index in [0.717, 1.165) is 16.4 Å². The molecule has 0 saturated carbocycles. The van der Waals surface area contributed by atoms with Crippen LogP contribution in [-0.2, 0) is 0 Å². The SMILES string of the molecule is Cc1occc1SC(CN)c1ccco1. The second-order valence-corrected chi connectivity index (χ2v) is 4.44. The molecule has 0 aliphatic carbocycles. The maximum absolute atomic E-state index is 5.72. The Morgan fingerprint density at radius 2 is 2.20 bits per heavy atom. The zero-order valence-corrected chi connectivity index (χ0v) is 9.29. The zero-order chi connectivity index (χ0) is 10.7. The minimum atomic E-state index is 0.149. The van der Waals surface area contributed by atoms with Gasteiger partial charge in [-0.15, -0.1) is 11.8 Å². The predicted octanol–water partition coefficient (Wildman–Crippen LogP) is 2.97. The number of hydrogen-bond acceptors (Lipinski definition) is 4. The van der Waals surface area contributed by atoms with E-state index in [0.29, 0.717) is 6.54 Å². The lowest BCUT2D eigenvalue weighted by Crippen LogP contribution is -2.08. The molecule has 15 heavy (non-hydrogen) atoms. The van der Waals surface area contributed by atoms with Gasteiger partial charge in [0.1, 0.15) is 11.5 Å². The summed E-state index contributed by atoms with van der Waals surface area (Å²) in [6.07, 6.45) is 3.36. The topological polar surface area (TPSA) is 52.3 Å². The molecule has 2 heterocycles. The van der Waals surface area contributed by atoms with E-state index >= 15 is 0 Å². The molecule has 2 rings (SSSR count). The number of rotatable bonds is 4. The highest BCUT2D eigenvalue weighted by molar-refractivity contribution is 7.99. The van der Waals surface area contributed by atoms with Crippen LogP contribution in [0.25, 0.3) is 0 Å². The van der Waals surface area contributed by atoms with E-state index in [2.05, 4.69) is 0 Å². The van der Waals surface area contributed by atoms with E-state index in [1.807, 2.05) is 25.1 Å². The van der Waals surface area contributed by atoms with E-state index in [-0.39, 0.29) is 5.25 Å². The van der Waals surface area contributed by atoms with Crippen LogP contribution in [0, 0.1) is 6.92 Å². The Morgan fingerprint density at radius 3 is 2.73 bits per heavy atom. The Bertz CT molecular complexity index is 408. The molecule has 0 radical (unpaired) electrons. The molecule has 1 unspecified atom stereocenters. The van der Waals surface area contributed by atoms with Crippen molar-refractivity contribution in [1.29, 1.82) is 0 Å². The maximum atomic E-state index is 5.72. The van der Waals surface area contributed by atoms with Crippen molar-refractivity contribution in [3.8, 4) is 0 Å². The molecule has 1 atom stereocenters. The number of hydrogen-bond donors (Lipinski definition) is 1. The van der Waals surface area contributed by atoms with Gasteiger partial charge in [0.05, 0.1) is 17.8 Å². The quantitative estimate of drug-likeness (QED) is 0.809. The fraction of sp³-hybridized carbons (Fsp3) is 0.273. The number of thioether (sulfide) groups is 1. The fourth-order valence-corrected chi connectivity index (χ4v) is 2.35. The van der Waals surface area contributed by atoms with Gasteiger partial charge in [0.25, 0.3) is 0 Å². The lowest BCUT2D eigenvalue weighted by Gasteiger charge is -2.10. The first-order chi connectivity index (χ1) is 7.31. The summed E-state index contributed by atoms with van der Waals surface area (Å²) in [4.78, 5) is 1.11. The van der Waals surface area contributed by atoms with E-state index < -0.39 is 0 Å². The average molecular weight is 223 g/mol. The lowest BCUT2D eigenvalue weighted by atomic mass is 10.3. The van der Waals surface area contributed by atoms with Crippen LogP contribution >= 0.6 is 11.8 Å². The fourth-order valence-electron chi connectivity index (χ4n) is 1.35. The minimum Gasteiger partial charge on any atom is -0.468 e. The highest BCUT2D eigenvalue weighted by atomic mass is 32.2. The summed E-state index contributed by atoms with van der Waals surface area (Å²) in [5.74, 6) is 1.83. The van der Waals surface area contributed by atoms with Crippen molar-refractivity contribution in [1.82, 2.24) is 0 Å². The number of nitrogens with two attached hydrogens (primary N) is 1. The molecule has 0 spiro atoms. The zero-order valence-electron chi connectivity index (χ0n) is 8.47. The Balaban J connectivity index is 2.13. The monoisotopic (exact) mass is 223 g/mol. The Hall–Kier alpha value is -1.13. The molecule has 4 heteroatoms. The van der Waals surface area contributed by atoms with Crippen molar-refractivity contribution in [2.24, 2.45) is 5.73 Å². The summed E-state index contributed by atoms with van der Waals surface area (Å²) in [5, 5.41) is 0.149. The Morgan fingerprint density at radius 1 is 1.33 bits per heavy atom. The van der Waals surface area contributed by atoms with E-state index in [1.165, 1.54) is 0 Å². The van der Waals surface area contributed by atoms with Gasteiger partial charge in [-0.25, -0.2) is 0 Å². The Kier molecular flexibility index (Phi) is 3.18. The minimum absolute atomic E-state index is 0.149. The summed E-state index contributed by atoms with van der Waals surface area (Å²) in [7, 11) is 0. The van der Waals surface area contributed by atoms with Crippen molar-refractivity contribution in [2.75, 3.05) is 6.54 Å². The van der Waals surface area contributed by atoms with E-state index in [9.17, 15) is 0 Å². The highest BCUT2D eigenvalue weighted by Gasteiger charge is 2.16. The van der Waals surface area contributed by atoms with Gasteiger partial charge >= 0.3 is 0 Å². The van der Waals surface area contributed by atoms with Crippen molar-refractivity contribution in [3.05, 3.63) is 42.2 Å². The summed E-state index contributed by atoms with van der Waals surface area (Å²) >= 11 is 1.67. The second kappa shape index (κ2) is 4.59.